The molecular formula is C14H7BrClFN2O. The van der Waals surface area contributed by atoms with Crippen molar-refractivity contribution in [1.29, 1.82) is 5.26 Å². The predicted molar refractivity (Wildman–Crippen MR) is 78.2 cm³/mol. The Morgan fingerprint density at radius 2 is 2.05 bits per heavy atom. The molecule has 0 saturated carbocycles. The standard InChI is InChI=1S/C14H7BrClFN2O/c15-11-6-9(16)2-3-10(11)14(20)19-13-4-1-8(7-18)5-12(13)17/h1-6H,(H,19,20). The van der Waals surface area contributed by atoms with Gasteiger partial charge in [0.15, 0.2) is 0 Å². The topological polar surface area (TPSA) is 52.9 Å². The molecule has 2 aromatic rings. The van der Waals surface area contributed by atoms with E-state index in [-0.39, 0.29) is 11.3 Å². The molecular weight excluding hydrogens is 347 g/mol. The highest BCUT2D eigenvalue weighted by Crippen LogP contribution is 2.23. The molecule has 2 rings (SSSR count). The Hall–Kier alpha value is -1.90. The maximum Gasteiger partial charge on any atom is 0.256 e. The van der Waals surface area contributed by atoms with Crippen molar-refractivity contribution < 1.29 is 9.18 Å². The highest BCUT2D eigenvalue weighted by molar-refractivity contribution is 9.10. The SMILES string of the molecule is N#Cc1ccc(NC(=O)c2ccc(Cl)cc2Br)c(F)c1. The molecule has 1 N–H and O–H groups in total. The summed E-state index contributed by atoms with van der Waals surface area (Å²) in [7, 11) is 0. The van der Waals surface area contributed by atoms with E-state index in [1.807, 2.05) is 6.07 Å². The van der Waals surface area contributed by atoms with Crippen molar-refractivity contribution in [3.63, 3.8) is 0 Å². The predicted octanol–water partition coefficient (Wildman–Crippen LogP) is 4.37. The van der Waals surface area contributed by atoms with Crippen LogP contribution in [0.4, 0.5) is 10.1 Å². The Kier molecular flexibility index (Phi) is 4.38. The Bertz CT molecular complexity index is 728. The first-order valence-electron chi connectivity index (χ1n) is 5.47. The van der Waals surface area contributed by atoms with Gasteiger partial charge in [0.25, 0.3) is 5.91 Å². The number of carbonyl (C=O) groups excluding carboxylic acids is 1. The van der Waals surface area contributed by atoms with Gasteiger partial charge in [-0.3, -0.25) is 4.79 Å². The number of carbonyl (C=O) groups is 1. The maximum absolute atomic E-state index is 13.7. The second-order valence-electron chi connectivity index (χ2n) is 3.88. The highest BCUT2D eigenvalue weighted by atomic mass is 79.9. The van der Waals surface area contributed by atoms with E-state index < -0.39 is 11.7 Å². The van der Waals surface area contributed by atoms with Crippen LogP contribution in [0.2, 0.25) is 5.02 Å². The van der Waals surface area contributed by atoms with Crippen molar-refractivity contribution in [2.45, 2.75) is 0 Å². The molecule has 3 nitrogen and oxygen atoms in total. The second-order valence-corrected chi connectivity index (χ2v) is 5.18. The van der Waals surface area contributed by atoms with Crippen LogP contribution in [0, 0.1) is 17.1 Å². The number of nitrogens with one attached hydrogen (secondary N) is 1. The largest absolute Gasteiger partial charge is 0.319 e. The van der Waals surface area contributed by atoms with Crippen LogP contribution in [0.15, 0.2) is 40.9 Å². The fourth-order valence-corrected chi connectivity index (χ4v) is 2.41. The van der Waals surface area contributed by atoms with E-state index in [0.29, 0.717) is 15.1 Å². The van der Waals surface area contributed by atoms with Crippen LogP contribution in [-0.4, -0.2) is 5.91 Å². The number of halogens is 3. The Morgan fingerprint density at radius 1 is 1.30 bits per heavy atom. The average Bonchev–Trinajstić information content (AvgIpc) is 2.40. The fraction of sp³-hybridized carbons (Fsp3) is 0. The monoisotopic (exact) mass is 352 g/mol. The number of rotatable bonds is 2. The van der Waals surface area contributed by atoms with E-state index in [9.17, 15) is 9.18 Å². The van der Waals surface area contributed by atoms with Crippen molar-refractivity contribution in [2.75, 3.05) is 5.32 Å². The van der Waals surface area contributed by atoms with Crippen LogP contribution < -0.4 is 5.32 Å². The summed E-state index contributed by atoms with van der Waals surface area (Å²) in [6, 6.07) is 10.3. The van der Waals surface area contributed by atoms with E-state index in [2.05, 4.69) is 21.2 Å². The number of hydrogen-bond donors (Lipinski definition) is 1. The van der Waals surface area contributed by atoms with Gasteiger partial charge in [-0.1, -0.05) is 11.6 Å². The van der Waals surface area contributed by atoms with E-state index in [4.69, 9.17) is 16.9 Å². The zero-order valence-electron chi connectivity index (χ0n) is 9.95. The molecule has 0 bridgehead atoms. The van der Waals surface area contributed by atoms with Crippen LogP contribution in [-0.2, 0) is 0 Å². The first-order chi connectivity index (χ1) is 9.51. The Labute approximate surface area is 128 Å². The molecule has 0 radical (unpaired) electrons. The van der Waals surface area contributed by atoms with Crippen molar-refractivity contribution in [3.8, 4) is 6.07 Å². The molecule has 0 saturated heterocycles. The molecule has 2 aromatic carbocycles. The van der Waals surface area contributed by atoms with E-state index in [1.54, 1.807) is 12.1 Å². The van der Waals surface area contributed by atoms with Gasteiger partial charge in [-0.2, -0.15) is 5.26 Å². The lowest BCUT2D eigenvalue weighted by Gasteiger charge is -2.08. The van der Waals surface area contributed by atoms with Crippen LogP contribution in [0.5, 0.6) is 0 Å². The molecule has 0 aliphatic rings. The van der Waals surface area contributed by atoms with E-state index in [1.165, 1.54) is 18.2 Å². The quantitative estimate of drug-likeness (QED) is 0.872. The fourth-order valence-electron chi connectivity index (χ4n) is 1.55. The van der Waals surface area contributed by atoms with Gasteiger partial charge in [0.1, 0.15) is 5.82 Å². The average molecular weight is 354 g/mol. The van der Waals surface area contributed by atoms with Gasteiger partial charge in [-0.15, -0.1) is 0 Å². The molecule has 0 aliphatic carbocycles. The van der Waals surface area contributed by atoms with Crippen LogP contribution >= 0.6 is 27.5 Å². The van der Waals surface area contributed by atoms with Crippen molar-refractivity contribution in [3.05, 3.63) is 62.8 Å². The lowest BCUT2D eigenvalue weighted by Crippen LogP contribution is -2.13. The smallest absolute Gasteiger partial charge is 0.256 e. The van der Waals surface area contributed by atoms with E-state index >= 15 is 0 Å². The van der Waals surface area contributed by atoms with Crippen LogP contribution in [0.3, 0.4) is 0 Å². The van der Waals surface area contributed by atoms with Gasteiger partial charge in [-0.25, -0.2) is 4.39 Å². The zero-order chi connectivity index (χ0) is 14.7. The minimum atomic E-state index is -0.664. The lowest BCUT2D eigenvalue weighted by molar-refractivity contribution is 0.102. The van der Waals surface area contributed by atoms with Gasteiger partial charge >= 0.3 is 0 Å². The Morgan fingerprint density at radius 3 is 2.65 bits per heavy atom. The van der Waals surface area contributed by atoms with Gasteiger partial charge in [0.05, 0.1) is 22.9 Å². The molecule has 0 spiro atoms. The summed E-state index contributed by atoms with van der Waals surface area (Å²) < 4.78 is 14.2. The number of hydrogen-bond acceptors (Lipinski definition) is 2. The number of nitrogens with zero attached hydrogens (tertiary/aromatic N) is 1. The van der Waals surface area contributed by atoms with Crippen molar-refractivity contribution in [1.82, 2.24) is 0 Å². The molecule has 100 valence electrons. The number of amides is 1. The molecule has 0 aromatic heterocycles. The van der Waals surface area contributed by atoms with Gasteiger partial charge in [0.2, 0.25) is 0 Å². The summed E-state index contributed by atoms with van der Waals surface area (Å²) in [5.41, 5.74) is 0.530. The third-order valence-corrected chi connectivity index (χ3v) is 3.41. The summed E-state index contributed by atoms with van der Waals surface area (Å²) in [5, 5.41) is 11.6. The molecule has 0 fully saturated rings. The Balaban J connectivity index is 2.26. The normalized spacial score (nSPS) is 9.90. The summed E-state index contributed by atoms with van der Waals surface area (Å²) in [5.74, 6) is -1.14. The van der Waals surface area contributed by atoms with E-state index in [0.717, 1.165) is 6.07 Å². The summed E-state index contributed by atoms with van der Waals surface area (Å²) >= 11 is 9.01. The third kappa shape index (κ3) is 3.16. The summed E-state index contributed by atoms with van der Waals surface area (Å²) in [4.78, 5) is 12.0. The lowest BCUT2D eigenvalue weighted by atomic mass is 10.2. The minimum absolute atomic E-state index is 0.0100. The highest BCUT2D eigenvalue weighted by Gasteiger charge is 2.13. The second kappa shape index (κ2) is 6.04. The molecule has 1 amide bonds. The van der Waals surface area contributed by atoms with Crippen molar-refractivity contribution in [2.24, 2.45) is 0 Å². The molecule has 0 heterocycles. The van der Waals surface area contributed by atoms with Crippen molar-refractivity contribution >= 4 is 39.1 Å². The zero-order valence-corrected chi connectivity index (χ0v) is 12.3. The molecule has 0 aliphatic heterocycles. The van der Waals surface area contributed by atoms with Crippen LogP contribution in [0.25, 0.3) is 0 Å². The first kappa shape index (κ1) is 14.5. The minimum Gasteiger partial charge on any atom is -0.319 e. The van der Waals surface area contributed by atoms with Gasteiger partial charge < -0.3 is 5.32 Å². The molecule has 0 unspecified atom stereocenters. The number of nitriles is 1. The molecule has 0 atom stereocenters. The maximum atomic E-state index is 13.7. The molecule has 20 heavy (non-hydrogen) atoms. The third-order valence-electron chi connectivity index (χ3n) is 2.52. The number of anilines is 1. The first-order valence-corrected chi connectivity index (χ1v) is 6.64. The van der Waals surface area contributed by atoms with Crippen LogP contribution in [0.1, 0.15) is 15.9 Å². The number of benzene rings is 2. The summed E-state index contributed by atoms with van der Waals surface area (Å²) in [6.07, 6.45) is 0. The van der Waals surface area contributed by atoms with Gasteiger partial charge in [-0.05, 0) is 52.3 Å². The molecule has 6 heteroatoms. The summed E-state index contributed by atoms with van der Waals surface area (Å²) in [6.45, 7) is 0. The van der Waals surface area contributed by atoms with Gasteiger partial charge in [0, 0.05) is 9.50 Å².